The molecule has 0 radical (unpaired) electrons. The minimum absolute atomic E-state index is 0.0694. The number of hydrogen-bond donors (Lipinski definition) is 2. The SMILES string of the molecule is C[C@@H](Nc1ccc2ncc(-c3ccc(N4C[C@@H](N)CC4=O)cc3)n2n1)c1ccccc1. The number of hydrogen-bond acceptors (Lipinski definition) is 5. The second-order valence-electron chi connectivity index (χ2n) is 7.92. The van der Waals surface area contributed by atoms with E-state index < -0.39 is 0 Å². The van der Waals surface area contributed by atoms with Gasteiger partial charge in [-0.05, 0) is 36.8 Å². The van der Waals surface area contributed by atoms with Gasteiger partial charge in [-0.3, -0.25) is 4.79 Å². The molecule has 3 N–H and O–H groups in total. The van der Waals surface area contributed by atoms with Crippen LogP contribution in [0.2, 0.25) is 0 Å². The van der Waals surface area contributed by atoms with Crippen molar-refractivity contribution < 1.29 is 4.79 Å². The third-order valence-corrected chi connectivity index (χ3v) is 5.66. The number of rotatable bonds is 5. The molecule has 0 unspecified atom stereocenters. The standard InChI is InChI=1S/C24H24N6O/c1-16(17-5-3-2-4-6-17)27-22-11-12-23-26-14-21(30(23)28-22)18-7-9-20(10-8-18)29-15-19(25)13-24(29)31/h2-12,14,16,19H,13,15,25H2,1H3,(H,27,28)/t16-,19+/m1/s1. The Kier molecular flexibility index (Phi) is 4.88. The number of carbonyl (C=O) groups excluding carboxylic acids is 1. The first-order chi connectivity index (χ1) is 15.1. The van der Waals surface area contributed by atoms with Crippen molar-refractivity contribution in [2.24, 2.45) is 5.73 Å². The van der Waals surface area contributed by atoms with Crippen molar-refractivity contribution in [1.82, 2.24) is 14.6 Å². The maximum absolute atomic E-state index is 12.1. The molecule has 2 aromatic heterocycles. The van der Waals surface area contributed by atoms with Crippen molar-refractivity contribution in [2.75, 3.05) is 16.8 Å². The summed E-state index contributed by atoms with van der Waals surface area (Å²) in [4.78, 5) is 18.3. The zero-order valence-electron chi connectivity index (χ0n) is 17.3. The van der Waals surface area contributed by atoms with E-state index in [1.54, 1.807) is 4.90 Å². The molecule has 1 amide bonds. The van der Waals surface area contributed by atoms with E-state index >= 15 is 0 Å². The molecule has 1 fully saturated rings. The van der Waals surface area contributed by atoms with E-state index in [2.05, 4.69) is 29.4 Å². The zero-order valence-corrected chi connectivity index (χ0v) is 17.3. The predicted molar refractivity (Wildman–Crippen MR) is 122 cm³/mol. The van der Waals surface area contributed by atoms with Crippen molar-refractivity contribution in [1.29, 1.82) is 0 Å². The molecule has 0 aliphatic carbocycles. The molecule has 1 saturated heterocycles. The number of nitrogens with two attached hydrogens (primary N) is 1. The summed E-state index contributed by atoms with van der Waals surface area (Å²) in [6.07, 6.45) is 2.22. The fraction of sp³-hybridized carbons (Fsp3) is 0.208. The average Bonchev–Trinajstić information content (AvgIpc) is 3.36. The molecule has 4 aromatic rings. The van der Waals surface area contributed by atoms with Gasteiger partial charge in [0.05, 0.1) is 11.9 Å². The molecular weight excluding hydrogens is 388 g/mol. The molecule has 0 bridgehead atoms. The molecule has 0 spiro atoms. The fourth-order valence-corrected chi connectivity index (χ4v) is 3.99. The first kappa shape index (κ1) is 19.3. The number of carbonyl (C=O) groups is 1. The Morgan fingerprint density at radius 3 is 2.55 bits per heavy atom. The van der Waals surface area contributed by atoms with Crippen LogP contribution in [-0.4, -0.2) is 33.1 Å². The maximum atomic E-state index is 12.1. The second-order valence-corrected chi connectivity index (χ2v) is 7.92. The highest BCUT2D eigenvalue weighted by Crippen LogP contribution is 2.27. The van der Waals surface area contributed by atoms with E-state index in [9.17, 15) is 4.79 Å². The van der Waals surface area contributed by atoms with Gasteiger partial charge in [-0.2, -0.15) is 0 Å². The molecule has 0 saturated carbocycles. The minimum atomic E-state index is -0.0978. The van der Waals surface area contributed by atoms with Gasteiger partial charge < -0.3 is 16.0 Å². The number of aromatic nitrogens is 3. The number of anilines is 2. The van der Waals surface area contributed by atoms with Crippen LogP contribution < -0.4 is 16.0 Å². The normalized spacial score (nSPS) is 17.3. The summed E-state index contributed by atoms with van der Waals surface area (Å²) < 4.78 is 1.84. The molecule has 3 heterocycles. The van der Waals surface area contributed by atoms with Gasteiger partial charge in [-0.25, -0.2) is 9.50 Å². The summed E-state index contributed by atoms with van der Waals surface area (Å²) in [5.74, 6) is 0.844. The number of nitrogens with zero attached hydrogens (tertiary/aromatic N) is 4. The number of benzene rings is 2. The smallest absolute Gasteiger partial charge is 0.228 e. The van der Waals surface area contributed by atoms with E-state index in [0.29, 0.717) is 13.0 Å². The van der Waals surface area contributed by atoms with Gasteiger partial charge in [-0.15, -0.1) is 5.10 Å². The third-order valence-electron chi connectivity index (χ3n) is 5.66. The highest BCUT2D eigenvalue weighted by Gasteiger charge is 2.27. The number of imidazole rings is 1. The molecule has 2 atom stereocenters. The lowest BCUT2D eigenvalue weighted by molar-refractivity contribution is -0.117. The second kappa shape index (κ2) is 7.85. The minimum Gasteiger partial charge on any atom is -0.362 e. The molecule has 7 heteroatoms. The van der Waals surface area contributed by atoms with E-state index in [0.717, 1.165) is 28.4 Å². The van der Waals surface area contributed by atoms with E-state index in [4.69, 9.17) is 10.8 Å². The first-order valence-electron chi connectivity index (χ1n) is 10.4. The summed E-state index contributed by atoms with van der Waals surface area (Å²) in [5.41, 5.74) is 10.6. The van der Waals surface area contributed by atoms with Crippen LogP contribution >= 0.6 is 0 Å². The van der Waals surface area contributed by atoms with Crippen molar-refractivity contribution in [3.8, 4) is 11.3 Å². The molecule has 5 rings (SSSR count). The van der Waals surface area contributed by atoms with Crippen LogP contribution in [0.15, 0.2) is 72.9 Å². The highest BCUT2D eigenvalue weighted by molar-refractivity contribution is 5.96. The molecular formula is C24H24N6O. The number of amides is 1. The van der Waals surface area contributed by atoms with Crippen molar-refractivity contribution >= 4 is 23.1 Å². The predicted octanol–water partition coefficient (Wildman–Crippen LogP) is 3.63. The van der Waals surface area contributed by atoms with Gasteiger partial charge in [0.2, 0.25) is 5.91 Å². The Labute approximate surface area is 180 Å². The maximum Gasteiger partial charge on any atom is 0.228 e. The molecule has 7 nitrogen and oxygen atoms in total. The monoisotopic (exact) mass is 412 g/mol. The largest absolute Gasteiger partial charge is 0.362 e. The van der Waals surface area contributed by atoms with Gasteiger partial charge >= 0.3 is 0 Å². The lowest BCUT2D eigenvalue weighted by Crippen LogP contribution is -2.27. The summed E-state index contributed by atoms with van der Waals surface area (Å²) in [6.45, 7) is 2.67. The van der Waals surface area contributed by atoms with E-state index in [1.807, 2.05) is 65.3 Å². The quantitative estimate of drug-likeness (QED) is 0.523. The van der Waals surface area contributed by atoms with Crippen LogP contribution in [0.1, 0.15) is 24.9 Å². The lowest BCUT2D eigenvalue weighted by Gasteiger charge is -2.16. The molecule has 1 aliphatic rings. The zero-order chi connectivity index (χ0) is 21.4. The Morgan fingerprint density at radius 1 is 1.06 bits per heavy atom. The van der Waals surface area contributed by atoms with Crippen LogP contribution in [0, 0.1) is 0 Å². The Bertz CT molecular complexity index is 1220. The summed E-state index contributed by atoms with van der Waals surface area (Å²) in [6, 6.07) is 22.1. The van der Waals surface area contributed by atoms with E-state index in [-0.39, 0.29) is 18.0 Å². The molecule has 1 aliphatic heterocycles. The van der Waals surface area contributed by atoms with Crippen LogP contribution in [0.4, 0.5) is 11.5 Å². The Hall–Kier alpha value is -3.71. The molecule has 2 aromatic carbocycles. The summed E-state index contributed by atoms with van der Waals surface area (Å²) in [7, 11) is 0. The number of nitrogens with one attached hydrogen (secondary N) is 1. The summed E-state index contributed by atoms with van der Waals surface area (Å²) >= 11 is 0. The Balaban J connectivity index is 1.41. The fourth-order valence-electron chi connectivity index (χ4n) is 3.99. The van der Waals surface area contributed by atoms with Crippen molar-refractivity contribution in [3.05, 3.63) is 78.5 Å². The number of fused-ring (bicyclic) bond motifs is 1. The molecule has 156 valence electrons. The van der Waals surface area contributed by atoms with Crippen LogP contribution in [0.5, 0.6) is 0 Å². The van der Waals surface area contributed by atoms with Crippen LogP contribution in [0.3, 0.4) is 0 Å². The summed E-state index contributed by atoms with van der Waals surface area (Å²) in [5, 5.41) is 8.22. The topological polar surface area (TPSA) is 88.5 Å². The third kappa shape index (κ3) is 3.75. The molecule has 31 heavy (non-hydrogen) atoms. The van der Waals surface area contributed by atoms with Gasteiger partial charge in [-0.1, -0.05) is 42.5 Å². The highest BCUT2D eigenvalue weighted by atomic mass is 16.2. The van der Waals surface area contributed by atoms with Gasteiger partial charge in [0.15, 0.2) is 5.65 Å². The van der Waals surface area contributed by atoms with Crippen molar-refractivity contribution in [3.63, 3.8) is 0 Å². The van der Waals surface area contributed by atoms with E-state index in [1.165, 1.54) is 5.56 Å². The lowest BCUT2D eigenvalue weighted by atomic mass is 10.1. The van der Waals surface area contributed by atoms with Gasteiger partial charge in [0, 0.05) is 36.3 Å². The Morgan fingerprint density at radius 2 is 1.84 bits per heavy atom. The van der Waals surface area contributed by atoms with Crippen LogP contribution in [-0.2, 0) is 4.79 Å². The van der Waals surface area contributed by atoms with Crippen LogP contribution in [0.25, 0.3) is 16.9 Å². The average molecular weight is 412 g/mol. The first-order valence-corrected chi connectivity index (χ1v) is 10.4. The van der Waals surface area contributed by atoms with Gasteiger partial charge in [0.1, 0.15) is 5.82 Å². The van der Waals surface area contributed by atoms with Crippen molar-refractivity contribution in [2.45, 2.75) is 25.4 Å². The van der Waals surface area contributed by atoms with Gasteiger partial charge in [0.25, 0.3) is 0 Å².